The zero-order valence-electron chi connectivity index (χ0n) is 7.34. The summed E-state index contributed by atoms with van der Waals surface area (Å²) in [5.41, 5.74) is 10.8. The van der Waals surface area contributed by atoms with Gasteiger partial charge in [0.05, 0.1) is 6.04 Å². The first kappa shape index (κ1) is 10.6. The van der Waals surface area contributed by atoms with Crippen LogP contribution in [0.15, 0.2) is 0 Å². The Morgan fingerprint density at radius 2 is 2.00 bits per heavy atom. The Morgan fingerprint density at radius 1 is 1.45 bits per heavy atom. The largest absolute Gasteiger partial charge is 0.330 e. The molecular formula is C8H18N2O. The molecule has 3 nitrogen and oxygen atoms in total. The second-order valence-electron chi connectivity index (χ2n) is 3.24. The summed E-state index contributed by atoms with van der Waals surface area (Å²) in [5.74, 6) is 0.563. The van der Waals surface area contributed by atoms with Crippen LogP contribution in [0.25, 0.3) is 0 Å². The van der Waals surface area contributed by atoms with Crippen molar-refractivity contribution in [2.45, 2.75) is 32.7 Å². The van der Waals surface area contributed by atoms with Gasteiger partial charge in [0, 0.05) is 6.42 Å². The van der Waals surface area contributed by atoms with E-state index in [4.69, 9.17) is 11.5 Å². The van der Waals surface area contributed by atoms with Crippen molar-refractivity contribution in [1.82, 2.24) is 0 Å². The molecule has 0 radical (unpaired) electrons. The van der Waals surface area contributed by atoms with Gasteiger partial charge >= 0.3 is 0 Å². The molecule has 0 aliphatic carbocycles. The van der Waals surface area contributed by atoms with Crippen molar-refractivity contribution >= 4 is 5.78 Å². The first-order chi connectivity index (χ1) is 5.07. The van der Waals surface area contributed by atoms with E-state index in [1.54, 1.807) is 0 Å². The summed E-state index contributed by atoms with van der Waals surface area (Å²) in [5, 5.41) is 0. The number of carbonyl (C=O) groups is 1. The SMILES string of the molecule is CC(C)C[C@H](N)C(=O)CCN. The predicted octanol–water partition coefficient (Wildman–Crippen LogP) is 0.278. The second kappa shape index (κ2) is 5.27. The predicted molar refractivity (Wildman–Crippen MR) is 46.1 cm³/mol. The first-order valence-electron chi connectivity index (χ1n) is 4.06. The van der Waals surface area contributed by atoms with E-state index in [1.165, 1.54) is 0 Å². The number of rotatable bonds is 5. The zero-order valence-corrected chi connectivity index (χ0v) is 7.34. The van der Waals surface area contributed by atoms with Crippen LogP contribution in [0.1, 0.15) is 26.7 Å². The van der Waals surface area contributed by atoms with Gasteiger partial charge in [-0.2, -0.15) is 0 Å². The molecule has 0 heterocycles. The molecule has 0 fully saturated rings. The number of nitrogens with two attached hydrogens (primary N) is 2. The molecule has 0 aromatic heterocycles. The first-order valence-corrected chi connectivity index (χ1v) is 4.06. The summed E-state index contributed by atoms with van der Waals surface area (Å²) in [6.45, 7) is 4.51. The zero-order chi connectivity index (χ0) is 8.85. The third kappa shape index (κ3) is 4.93. The summed E-state index contributed by atoms with van der Waals surface area (Å²) >= 11 is 0. The molecule has 0 bridgehead atoms. The molecule has 0 aliphatic rings. The van der Waals surface area contributed by atoms with Crippen molar-refractivity contribution in [3.63, 3.8) is 0 Å². The molecule has 0 saturated carbocycles. The smallest absolute Gasteiger partial charge is 0.150 e. The molecule has 0 rings (SSSR count). The maximum Gasteiger partial charge on any atom is 0.150 e. The highest BCUT2D eigenvalue weighted by Crippen LogP contribution is 2.04. The van der Waals surface area contributed by atoms with Gasteiger partial charge in [-0.1, -0.05) is 13.8 Å². The molecule has 0 aliphatic heterocycles. The van der Waals surface area contributed by atoms with Crippen LogP contribution in [-0.2, 0) is 4.79 Å². The van der Waals surface area contributed by atoms with Crippen molar-refractivity contribution in [1.29, 1.82) is 0 Å². The number of ketones is 1. The van der Waals surface area contributed by atoms with Crippen LogP contribution in [0.5, 0.6) is 0 Å². The Kier molecular flexibility index (Phi) is 5.07. The molecule has 0 unspecified atom stereocenters. The van der Waals surface area contributed by atoms with Gasteiger partial charge in [0.1, 0.15) is 0 Å². The van der Waals surface area contributed by atoms with Crippen LogP contribution < -0.4 is 11.5 Å². The van der Waals surface area contributed by atoms with Gasteiger partial charge in [0.15, 0.2) is 5.78 Å². The molecule has 4 N–H and O–H groups in total. The average Bonchev–Trinajstić information content (AvgIpc) is 1.86. The number of Topliss-reactive ketones (excluding diaryl/α,β-unsaturated/α-hetero) is 1. The maximum atomic E-state index is 11.1. The molecule has 0 aromatic rings. The Hall–Kier alpha value is -0.410. The van der Waals surface area contributed by atoms with E-state index in [0.29, 0.717) is 18.9 Å². The number of hydrogen-bond donors (Lipinski definition) is 2. The Labute approximate surface area is 68.1 Å². The van der Waals surface area contributed by atoms with Crippen molar-refractivity contribution in [3.05, 3.63) is 0 Å². The molecule has 0 spiro atoms. The highest BCUT2D eigenvalue weighted by molar-refractivity contribution is 5.83. The van der Waals surface area contributed by atoms with E-state index >= 15 is 0 Å². The maximum absolute atomic E-state index is 11.1. The lowest BCUT2D eigenvalue weighted by molar-refractivity contribution is -0.120. The summed E-state index contributed by atoms with van der Waals surface area (Å²) in [6, 6.07) is -0.307. The normalized spacial score (nSPS) is 13.5. The van der Waals surface area contributed by atoms with Crippen LogP contribution in [0, 0.1) is 5.92 Å². The van der Waals surface area contributed by atoms with Gasteiger partial charge < -0.3 is 11.5 Å². The quantitative estimate of drug-likeness (QED) is 0.603. The monoisotopic (exact) mass is 158 g/mol. The molecule has 0 aromatic carbocycles. The minimum Gasteiger partial charge on any atom is -0.330 e. The fourth-order valence-electron chi connectivity index (χ4n) is 0.967. The van der Waals surface area contributed by atoms with E-state index in [1.807, 2.05) is 0 Å². The van der Waals surface area contributed by atoms with Crippen LogP contribution in [0.2, 0.25) is 0 Å². The van der Waals surface area contributed by atoms with Gasteiger partial charge in [0.25, 0.3) is 0 Å². The second-order valence-corrected chi connectivity index (χ2v) is 3.24. The van der Waals surface area contributed by atoms with Crippen molar-refractivity contribution in [2.24, 2.45) is 17.4 Å². The van der Waals surface area contributed by atoms with Crippen LogP contribution in [0.3, 0.4) is 0 Å². The van der Waals surface area contributed by atoms with Crippen molar-refractivity contribution in [2.75, 3.05) is 6.54 Å². The van der Waals surface area contributed by atoms with Gasteiger partial charge in [-0.15, -0.1) is 0 Å². The topological polar surface area (TPSA) is 69.1 Å². The average molecular weight is 158 g/mol. The number of carbonyl (C=O) groups excluding carboxylic acids is 1. The molecule has 0 amide bonds. The van der Waals surface area contributed by atoms with E-state index in [0.717, 1.165) is 6.42 Å². The lowest BCUT2D eigenvalue weighted by Gasteiger charge is -2.11. The molecule has 66 valence electrons. The fraction of sp³-hybridized carbons (Fsp3) is 0.875. The van der Waals surface area contributed by atoms with E-state index in [2.05, 4.69) is 13.8 Å². The van der Waals surface area contributed by atoms with E-state index < -0.39 is 0 Å². The lowest BCUT2D eigenvalue weighted by Crippen LogP contribution is -2.33. The van der Waals surface area contributed by atoms with Gasteiger partial charge in [-0.25, -0.2) is 0 Å². The summed E-state index contributed by atoms with van der Waals surface area (Å²) in [6.07, 6.45) is 1.17. The van der Waals surface area contributed by atoms with Crippen molar-refractivity contribution in [3.8, 4) is 0 Å². The molecular weight excluding hydrogens is 140 g/mol. The summed E-state index contributed by atoms with van der Waals surface area (Å²) < 4.78 is 0. The lowest BCUT2D eigenvalue weighted by atomic mass is 10.00. The Balaban J connectivity index is 3.64. The van der Waals surface area contributed by atoms with Gasteiger partial charge in [-0.05, 0) is 18.9 Å². The highest BCUT2D eigenvalue weighted by Gasteiger charge is 2.13. The highest BCUT2D eigenvalue weighted by atomic mass is 16.1. The third-order valence-corrected chi connectivity index (χ3v) is 1.53. The molecule has 1 atom stereocenters. The minimum absolute atomic E-state index is 0.0844. The van der Waals surface area contributed by atoms with E-state index in [-0.39, 0.29) is 11.8 Å². The van der Waals surface area contributed by atoms with Crippen LogP contribution in [-0.4, -0.2) is 18.4 Å². The molecule has 11 heavy (non-hydrogen) atoms. The van der Waals surface area contributed by atoms with Crippen molar-refractivity contribution < 1.29 is 4.79 Å². The Morgan fingerprint density at radius 3 is 2.36 bits per heavy atom. The number of hydrogen-bond acceptors (Lipinski definition) is 3. The molecule has 3 heteroatoms. The van der Waals surface area contributed by atoms with Crippen LogP contribution >= 0.6 is 0 Å². The Bertz CT molecular complexity index is 123. The fourth-order valence-corrected chi connectivity index (χ4v) is 0.967. The van der Waals surface area contributed by atoms with E-state index in [9.17, 15) is 4.79 Å². The van der Waals surface area contributed by atoms with Gasteiger partial charge in [-0.3, -0.25) is 4.79 Å². The molecule has 0 saturated heterocycles. The third-order valence-electron chi connectivity index (χ3n) is 1.53. The van der Waals surface area contributed by atoms with Gasteiger partial charge in [0.2, 0.25) is 0 Å². The minimum atomic E-state index is -0.307. The summed E-state index contributed by atoms with van der Waals surface area (Å²) in [4.78, 5) is 11.1. The standard InChI is InChI=1S/C8H18N2O/c1-6(2)5-7(10)8(11)3-4-9/h6-7H,3-5,9-10H2,1-2H3/t7-/m0/s1. The summed E-state index contributed by atoms with van der Waals surface area (Å²) in [7, 11) is 0. The van der Waals surface area contributed by atoms with Crippen LogP contribution in [0.4, 0.5) is 0 Å².